The second-order valence-corrected chi connectivity index (χ2v) is 7.17. The van der Waals surface area contributed by atoms with E-state index in [1.165, 1.54) is 31.3 Å². The van der Waals surface area contributed by atoms with Gasteiger partial charge in [-0.3, -0.25) is 14.9 Å². The maximum Gasteiger partial charge on any atom is 0.318 e. The van der Waals surface area contributed by atoms with Crippen LogP contribution in [-0.4, -0.2) is 32.3 Å². The lowest BCUT2D eigenvalue weighted by molar-refractivity contribution is -0.384. The number of carbonyl (C=O) groups is 2. The van der Waals surface area contributed by atoms with Gasteiger partial charge < -0.3 is 10.6 Å². The number of nitro benzene ring substituents is 1. The molecule has 0 saturated carbocycles. The molecule has 2 aromatic carbocycles. The number of urea groups is 1. The van der Waals surface area contributed by atoms with Crippen LogP contribution in [0.3, 0.4) is 0 Å². The van der Waals surface area contributed by atoms with Crippen LogP contribution in [0.25, 0.3) is 0 Å². The zero-order valence-corrected chi connectivity index (χ0v) is 15.3. The van der Waals surface area contributed by atoms with Gasteiger partial charge in [0.2, 0.25) is 0 Å². The smallest absolute Gasteiger partial charge is 0.318 e. The standard InChI is InChI=1S/C15H13ClN4O6S/c1-17-15(22)18-9-2-5-11(6-3-9)27(25,26)19-14(21)12-8-10(20(23)24)4-7-13(12)16/h2-8H,1H3,(H,19,21)(H2,17,18,22). The van der Waals surface area contributed by atoms with Crippen LogP contribution < -0.4 is 15.4 Å². The van der Waals surface area contributed by atoms with Crippen LogP contribution in [0.1, 0.15) is 10.4 Å². The molecule has 3 N–H and O–H groups in total. The van der Waals surface area contributed by atoms with Gasteiger partial charge in [0.25, 0.3) is 21.6 Å². The quantitative estimate of drug-likeness (QED) is 0.506. The molecule has 0 bridgehead atoms. The normalized spacial score (nSPS) is 10.7. The molecule has 0 aliphatic carbocycles. The van der Waals surface area contributed by atoms with Gasteiger partial charge in [0.15, 0.2) is 0 Å². The number of sulfonamides is 1. The van der Waals surface area contributed by atoms with E-state index in [0.29, 0.717) is 5.69 Å². The number of nitro groups is 1. The number of nitrogens with one attached hydrogen (secondary N) is 3. The fourth-order valence-electron chi connectivity index (χ4n) is 1.95. The van der Waals surface area contributed by atoms with Crippen molar-refractivity contribution in [1.29, 1.82) is 0 Å². The highest BCUT2D eigenvalue weighted by atomic mass is 35.5. The molecule has 0 spiro atoms. The molecule has 0 radical (unpaired) electrons. The lowest BCUT2D eigenvalue weighted by atomic mass is 10.2. The number of nitrogens with zero attached hydrogens (tertiary/aromatic N) is 1. The molecular weight excluding hydrogens is 400 g/mol. The van der Waals surface area contributed by atoms with Gasteiger partial charge in [0.05, 0.1) is 20.4 Å². The number of carbonyl (C=O) groups excluding carboxylic acids is 2. The molecule has 142 valence electrons. The number of rotatable bonds is 5. The monoisotopic (exact) mass is 412 g/mol. The highest BCUT2D eigenvalue weighted by Gasteiger charge is 2.22. The van der Waals surface area contributed by atoms with Crippen molar-refractivity contribution in [2.75, 3.05) is 12.4 Å². The van der Waals surface area contributed by atoms with Gasteiger partial charge >= 0.3 is 6.03 Å². The number of non-ortho nitro benzene ring substituents is 1. The summed E-state index contributed by atoms with van der Waals surface area (Å²) in [5.41, 5.74) is -0.430. The Morgan fingerprint density at radius 1 is 1.11 bits per heavy atom. The van der Waals surface area contributed by atoms with E-state index < -0.39 is 32.6 Å². The Labute approximate surface area is 158 Å². The van der Waals surface area contributed by atoms with Gasteiger partial charge in [0, 0.05) is 24.9 Å². The fraction of sp³-hybridized carbons (Fsp3) is 0.0667. The molecule has 12 heteroatoms. The second-order valence-electron chi connectivity index (χ2n) is 5.08. The van der Waals surface area contributed by atoms with Crippen molar-refractivity contribution in [1.82, 2.24) is 10.0 Å². The first-order valence-corrected chi connectivity index (χ1v) is 9.10. The Balaban J connectivity index is 2.23. The summed E-state index contributed by atoms with van der Waals surface area (Å²) >= 11 is 5.83. The third kappa shape index (κ3) is 4.92. The lowest BCUT2D eigenvalue weighted by Gasteiger charge is -2.09. The van der Waals surface area contributed by atoms with Gasteiger partial charge in [-0.1, -0.05) is 11.6 Å². The molecule has 0 fully saturated rings. The predicted molar refractivity (Wildman–Crippen MR) is 97.3 cm³/mol. The summed E-state index contributed by atoms with van der Waals surface area (Å²) in [7, 11) is -2.85. The van der Waals surface area contributed by atoms with Gasteiger partial charge in [-0.25, -0.2) is 17.9 Å². The molecule has 0 aromatic heterocycles. The fourth-order valence-corrected chi connectivity index (χ4v) is 3.12. The van der Waals surface area contributed by atoms with Crippen molar-refractivity contribution in [2.24, 2.45) is 0 Å². The van der Waals surface area contributed by atoms with Crippen LogP contribution in [0.4, 0.5) is 16.2 Å². The molecule has 2 rings (SSSR count). The van der Waals surface area contributed by atoms with E-state index in [9.17, 15) is 28.1 Å². The number of hydrogen-bond donors (Lipinski definition) is 3. The highest BCUT2D eigenvalue weighted by Crippen LogP contribution is 2.23. The zero-order valence-electron chi connectivity index (χ0n) is 13.7. The minimum absolute atomic E-state index is 0.140. The minimum atomic E-state index is -4.26. The van der Waals surface area contributed by atoms with Crippen molar-refractivity contribution in [2.45, 2.75) is 4.90 Å². The molecule has 27 heavy (non-hydrogen) atoms. The Kier molecular flexibility index (Phi) is 5.98. The van der Waals surface area contributed by atoms with Crippen molar-refractivity contribution in [3.05, 3.63) is 63.2 Å². The number of amides is 3. The zero-order chi connectivity index (χ0) is 20.2. The minimum Gasteiger partial charge on any atom is -0.341 e. The van der Waals surface area contributed by atoms with Crippen LogP contribution in [0.5, 0.6) is 0 Å². The van der Waals surface area contributed by atoms with Crippen molar-refractivity contribution in [3.63, 3.8) is 0 Å². The molecule has 0 atom stereocenters. The summed E-state index contributed by atoms with van der Waals surface area (Å²) in [6, 6.07) is 7.62. The first-order chi connectivity index (χ1) is 12.6. The van der Waals surface area contributed by atoms with Gasteiger partial charge in [-0.05, 0) is 30.3 Å². The predicted octanol–water partition coefficient (Wildman–Crippen LogP) is 2.12. The third-order valence-electron chi connectivity index (χ3n) is 3.28. The number of hydrogen-bond acceptors (Lipinski definition) is 6. The Morgan fingerprint density at radius 3 is 2.30 bits per heavy atom. The largest absolute Gasteiger partial charge is 0.341 e. The van der Waals surface area contributed by atoms with Crippen molar-refractivity contribution >= 4 is 44.9 Å². The van der Waals surface area contributed by atoms with Crippen molar-refractivity contribution in [3.8, 4) is 0 Å². The molecule has 0 heterocycles. The topological polar surface area (TPSA) is 148 Å². The molecule has 3 amide bonds. The van der Waals surface area contributed by atoms with E-state index in [0.717, 1.165) is 18.2 Å². The Bertz CT molecular complexity index is 1010. The summed E-state index contributed by atoms with van der Waals surface area (Å²) in [6.45, 7) is 0. The van der Waals surface area contributed by atoms with Gasteiger partial charge in [-0.2, -0.15) is 0 Å². The van der Waals surface area contributed by atoms with E-state index in [1.54, 1.807) is 4.72 Å². The van der Waals surface area contributed by atoms with Crippen LogP contribution >= 0.6 is 11.6 Å². The van der Waals surface area contributed by atoms with Crippen LogP contribution in [-0.2, 0) is 10.0 Å². The Morgan fingerprint density at radius 2 is 1.74 bits per heavy atom. The summed E-state index contributed by atoms with van der Waals surface area (Å²) in [6.07, 6.45) is 0. The SMILES string of the molecule is CNC(=O)Nc1ccc(S(=O)(=O)NC(=O)c2cc([N+](=O)[O-])ccc2Cl)cc1. The summed E-state index contributed by atoms with van der Waals surface area (Å²) in [5, 5.41) is 15.4. The Hall–Kier alpha value is -3.18. The van der Waals surface area contributed by atoms with E-state index in [1.807, 2.05) is 0 Å². The molecule has 0 unspecified atom stereocenters. The maximum absolute atomic E-state index is 12.3. The van der Waals surface area contributed by atoms with Gasteiger partial charge in [-0.15, -0.1) is 0 Å². The maximum atomic E-state index is 12.3. The van der Waals surface area contributed by atoms with Gasteiger partial charge in [0.1, 0.15) is 0 Å². The van der Waals surface area contributed by atoms with E-state index in [2.05, 4.69) is 10.6 Å². The van der Waals surface area contributed by atoms with Crippen LogP contribution in [0, 0.1) is 10.1 Å². The van der Waals surface area contributed by atoms with Crippen molar-refractivity contribution < 1.29 is 22.9 Å². The summed E-state index contributed by atoms with van der Waals surface area (Å²) in [5.74, 6) is -1.11. The third-order valence-corrected chi connectivity index (χ3v) is 4.96. The lowest BCUT2D eigenvalue weighted by Crippen LogP contribution is -2.31. The van der Waals surface area contributed by atoms with Crippen LogP contribution in [0.2, 0.25) is 5.02 Å². The number of halogens is 1. The first kappa shape index (κ1) is 20.1. The summed E-state index contributed by atoms with van der Waals surface area (Å²) < 4.78 is 26.4. The number of anilines is 1. The number of benzene rings is 2. The van der Waals surface area contributed by atoms with Crippen LogP contribution in [0.15, 0.2) is 47.4 Å². The average molecular weight is 413 g/mol. The average Bonchev–Trinajstić information content (AvgIpc) is 2.61. The molecule has 0 aliphatic rings. The highest BCUT2D eigenvalue weighted by molar-refractivity contribution is 7.90. The second kappa shape index (κ2) is 8.01. The van der Waals surface area contributed by atoms with E-state index in [-0.39, 0.29) is 15.5 Å². The first-order valence-electron chi connectivity index (χ1n) is 7.24. The molecule has 10 nitrogen and oxygen atoms in total. The molecule has 0 saturated heterocycles. The molecular formula is C15H13ClN4O6S. The molecule has 0 aliphatic heterocycles. The van der Waals surface area contributed by atoms with E-state index in [4.69, 9.17) is 11.6 Å². The van der Waals surface area contributed by atoms with E-state index >= 15 is 0 Å². The summed E-state index contributed by atoms with van der Waals surface area (Å²) in [4.78, 5) is 33.2. The molecule has 2 aromatic rings.